The normalized spacial score (nSPS) is 10.7. The molecule has 0 unspecified atom stereocenters. The van der Waals surface area contributed by atoms with Gasteiger partial charge in [0.05, 0.1) is 24.0 Å². The predicted molar refractivity (Wildman–Crippen MR) is 117 cm³/mol. The van der Waals surface area contributed by atoms with E-state index in [0.29, 0.717) is 25.3 Å². The number of alkyl halides is 3. The molecule has 12 heteroatoms. The Balaban J connectivity index is 0.000000479. The number of fused-ring (bicyclic) bond motifs is 1. The molecule has 2 aromatic heterocycles. The lowest BCUT2D eigenvalue weighted by Gasteiger charge is -2.18. The van der Waals surface area contributed by atoms with Crippen LogP contribution < -0.4 is 21.1 Å². The van der Waals surface area contributed by atoms with E-state index in [2.05, 4.69) is 21.8 Å². The molecule has 9 nitrogen and oxygen atoms in total. The Kier molecular flexibility index (Phi) is 8.47. The largest absolute Gasteiger partial charge is 0.494 e. The lowest BCUT2D eigenvalue weighted by Crippen LogP contribution is -2.21. The molecule has 0 saturated carbocycles. The Labute approximate surface area is 187 Å². The number of aliphatic carboxylic acids is 1. The van der Waals surface area contributed by atoms with Gasteiger partial charge >= 0.3 is 12.1 Å². The number of nitrogens with one attached hydrogen (secondary N) is 2. The van der Waals surface area contributed by atoms with E-state index in [1.54, 1.807) is 10.7 Å². The fourth-order valence-corrected chi connectivity index (χ4v) is 2.88. The number of pyridine rings is 1. The van der Waals surface area contributed by atoms with Crippen LogP contribution in [0.5, 0.6) is 5.75 Å². The zero-order valence-electron chi connectivity index (χ0n) is 17.9. The van der Waals surface area contributed by atoms with E-state index in [4.69, 9.17) is 20.4 Å². The van der Waals surface area contributed by atoms with E-state index < -0.39 is 12.1 Å². The van der Waals surface area contributed by atoms with Gasteiger partial charge in [-0.1, -0.05) is 0 Å². The van der Waals surface area contributed by atoms with Crippen LogP contribution >= 0.6 is 0 Å². The third kappa shape index (κ3) is 6.27. The van der Waals surface area contributed by atoms with Crippen molar-refractivity contribution in [3.63, 3.8) is 0 Å². The number of nitrogens with two attached hydrogens (primary N) is 1. The van der Waals surface area contributed by atoms with Crippen molar-refractivity contribution in [3.8, 4) is 11.8 Å². The molecule has 3 aromatic rings. The first kappa shape index (κ1) is 25.3. The van der Waals surface area contributed by atoms with Gasteiger partial charge in [-0.25, -0.2) is 9.31 Å². The Morgan fingerprint density at radius 3 is 2.45 bits per heavy atom. The minimum Gasteiger partial charge on any atom is -0.494 e. The van der Waals surface area contributed by atoms with Crippen molar-refractivity contribution < 1.29 is 27.8 Å². The molecule has 2 heterocycles. The van der Waals surface area contributed by atoms with Crippen molar-refractivity contribution in [1.82, 2.24) is 9.61 Å². The third-order valence-corrected chi connectivity index (χ3v) is 4.32. The average Bonchev–Trinajstić information content (AvgIpc) is 3.25. The van der Waals surface area contributed by atoms with E-state index in [1.807, 2.05) is 44.2 Å². The van der Waals surface area contributed by atoms with E-state index in [9.17, 15) is 18.4 Å². The first-order valence-electron chi connectivity index (χ1n) is 9.78. The summed E-state index contributed by atoms with van der Waals surface area (Å²) >= 11 is 0. The zero-order chi connectivity index (χ0) is 24.6. The second-order valence-electron chi connectivity index (χ2n) is 6.56. The van der Waals surface area contributed by atoms with Crippen molar-refractivity contribution in [1.29, 1.82) is 5.26 Å². The van der Waals surface area contributed by atoms with Crippen LogP contribution in [0.15, 0.2) is 36.5 Å². The molecule has 0 fully saturated rings. The summed E-state index contributed by atoms with van der Waals surface area (Å²) in [5, 5.41) is 27.8. The summed E-state index contributed by atoms with van der Waals surface area (Å²) < 4.78 is 39.0. The Bertz CT molecular complexity index is 1140. The van der Waals surface area contributed by atoms with Crippen LogP contribution in [0.4, 0.5) is 30.4 Å². The number of rotatable bonds is 7. The van der Waals surface area contributed by atoms with Crippen LogP contribution in [0.3, 0.4) is 0 Å². The van der Waals surface area contributed by atoms with Gasteiger partial charge in [-0.15, -0.1) is 0 Å². The van der Waals surface area contributed by atoms with Gasteiger partial charge in [0.1, 0.15) is 23.2 Å². The highest BCUT2D eigenvalue weighted by molar-refractivity contribution is 5.82. The Morgan fingerprint density at radius 1 is 1.30 bits per heavy atom. The molecule has 0 radical (unpaired) electrons. The maximum absolute atomic E-state index is 10.6. The molecule has 176 valence electrons. The van der Waals surface area contributed by atoms with Crippen molar-refractivity contribution in [3.05, 3.63) is 47.7 Å². The van der Waals surface area contributed by atoms with Crippen molar-refractivity contribution >= 4 is 28.7 Å². The fraction of sp³-hybridized carbons (Fsp3) is 0.286. The number of carboxylic acids is 1. The standard InChI is InChI=1S/C19H22N6O.C2HF3O2/c1-3-26-15-6-4-14(5-7-15)24-19-13(2)18(22-11-9-20)16(12-21)17-8-10-23-25(17)19;3-2(4,5)1(6)7/h4-8,10,22,24H,3,9,11,20H2,1-2H3;(H,6,7). The lowest BCUT2D eigenvalue weighted by atomic mass is 10.1. The zero-order valence-corrected chi connectivity index (χ0v) is 17.9. The lowest BCUT2D eigenvalue weighted by molar-refractivity contribution is -0.192. The monoisotopic (exact) mass is 464 g/mol. The van der Waals surface area contributed by atoms with Gasteiger partial charge in [-0.3, -0.25) is 0 Å². The van der Waals surface area contributed by atoms with Crippen molar-refractivity contribution in [2.45, 2.75) is 20.0 Å². The van der Waals surface area contributed by atoms with Crippen molar-refractivity contribution in [2.75, 3.05) is 30.3 Å². The summed E-state index contributed by atoms with van der Waals surface area (Å²) in [5.41, 5.74) is 9.51. The van der Waals surface area contributed by atoms with Crippen LogP contribution in [-0.4, -0.2) is 46.6 Å². The van der Waals surface area contributed by atoms with Gasteiger partial charge < -0.3 is 26.2 Å². The Morgan fingerprint density at radius 2 is 1.94 bits per heavy atom. The molecule has 0 spiro atoms. The van der Waals surface area contributed by atoms with Gasteiger partial charge in [0.2, 0.25) is 0 Å². The van der Waals surface area contributed by atoms with Crippen molar-refractivity contribution in [2.24, 2.45) is 5.73 Å². The molecule has 0 bridgehead atoms. The molecular formula is C21H23F3N6O3. The smallest absolute Gasteiger partial charge is 0.490 e. The summed E-state index contributed by atoms with van der Waals surface area (Å²) in [7, 11) is 0. The molecule has 0 aliphatic carbocycles. The van der Waals surface area contributed by atoms with E-state index >= 15 is 0 Å². The summed E-state index contributed by atoms with van der Waals surface area (Å²) in [6.07, 6.45) is -3.40. The third-order valence-electron chi connectivity index (χ3n) is 4.32. The minimum absolute atomic E-state index is 0.483. The van der Waals surface area contributed by atoms with Crippen LogP contribution in [0.1, 0.15) is 18.1 Å². The highest BCUT2D eigenvalue weighted by Crippen LogP contribution is 2.33. The van der Waals surface area contributed by atoms with Gasteiger partial charge in [0.25, 0.3) is 0 Å². The topological polar surface area (TPSA) is 138 Å². The number of carboxylic acid groups (broad SMARTS) is 1. The predicted octanol–water partition coefficient (Wildman–Crippen LogP) is 3.66. The number of carbonyl (C=O) groups is 1. The second-order valence-corrected chi connectivity index (χ2v) is 6.56. The number of hydrogen-bond donors (Lipinski definition) is 4. The molecule has 1 aromatic carbocycles. The van der Waals surface area contributed by atoms with Gasteiger partial charge in [-0.05, 0) is 44.2 Å². The highest BCUT2D eigenvalue weighted by Gasteiger charge is 2.38. The van der Waals surface area contributed by atoms with E-state index in [0.717, 1.165) is 34.0 Å². The number of nitrogens with zero attached hydrogens (tertiary/aromatic N) is 3. The van der Waals surface area contributed by atoms with Crippen LogP contribution in [0, 0.1) is 18.3 Å². The molecule has 0 saturated heterocycles. The molecule has 33 heavy (non-hydrogen) atoms. The number of aromatic nitrogens is 2. The summed E-state index contributed by atoms with van der Waals surface area (Å²) in [6, 6.07) is 11.8. The number of hydrogen-bond acceptors (Lipinski definition) is 7. The highest BCUT2D eigenvalue weighted by atomic mass is 19.4. The number of nitriles is 1. The number of ether oxygens (including phenoxy) is 1. The van der Waals surface area contributed by atoms with E-state index in [-0.39, 0.29) is 0 Å². The first-order chi connectivity index (χ1) is 15.6. The quantitative estimate of drug-likeness (QED) is 0.416. The van der Waals surface area contributed by atoms with E-state index in [1.165, 1.54) is 0 Å². The maximum Gasteiger partial charge on any atom is 0.490 e. The molecule has 0 aliphatic rings. The summed E-state index contributed by atoms with van der Waals surface area (Å²) in [4.78, 5) is 8.90. The van der Waals surface area contributed by atoms with Crippen LogP contribution in [0.2, 0.25) is 0 Å². The molecule has 5 N–H and O–H groups in total. The average molecular weight is 464 g/mol. The molecule has 0 atom stereocenters. The van der Waals surface area contributed by atoms with Gasteiger partial charge in [0.15, 0.2) is 0 Å². The van der Waals surface area contributed by atoms with Gasteiger partial charge in [-0.2, -0.15) is 23.5 Å². The number of benzene rings is 1. The van der Waals surface area contributed by atoms with Crippen LogP contribution in [0.25, 0.3) is 5.52 Å². The van der Waals surface area contributed by atoms with Gasteiger partial charge in [0, 0.05) is 24.3 Å². The fourth-order valence-electron chi connectivity index (χ4n) is 2.88. The molecule has 0 amide bonds. The number of anilines is 3. The Hall–Kier alpha value is -3.98. The molecular weight excluding hydrogens is 441 g/mol. The summed E-state index contributed by atoms with van der Waals surface area (Å²) in [5.74, 6) is -1.13. The SMILES string of the molecule is CCOc1ccc(Nc2c(C)c(NCCN)c(C#N)c3ccnn23)cc1.O=C(O)C(F)(F)F. The number of halogens is 3. The molecule has 3 rings (SSSR count). The second kappa shape index (κ2) is 11.1. The maximum atomic E-state index is 10.6. The van der Waals surface area contributed by atoms with Crippen LogP contribution in [-0.2, 0) is 4.79 Å². The minimum atomic E-state index is -5.08. The first-order valence-corrected chi connectivity index (χ1v) is 9.78. The summed E-state index contributed by atoms with van der Waals surface area (Å²) in [6.45, 7) is 5.61. The molecule has 0 aliphatic heterocycles.